The molecule has 0 spiro atoms. The second-order valence-electron chi connectivity index (χ2n) is 7.27. The van der Waals surface area contributed by atoms with Crippen molar-refractivity contribution in [3.05, 3.63) is 33.9 Å². The molecule has 26 heavy (non-hydrogen) atoms. The van der Waals surface area contributed by atoms with Gasteiger partial charge in [0.25, 0.3) is 11.8 Å². The van der Waals surface area contributed by atoms with Crippen molar-refractivity contribution >= 4 is 31.9 Å². The fourth-order valence-electron chi connectivity index (χ4n) is 4.34. The summed E-state index contributed by atoms with van der Waals surface area (Å²) in [5.41, 5.74) is -2.48. The first kappa shape index (κ1) is 20.5. The molecule has 2 aliphatic rings. The van der Waals surface area contributed by atoms with Crippen LogP contribution < -0.4 is 0 Å². The molecular formula is C18H18Br2F6. The normalized spacial score (nSPS) is 31.2. The van der Waals surface area contributed by atoms with Gasteiger partial charge in [-0.05, 0) is 36.8 Å². The fraction of sp³-hybridized carbons (Fsp3) is 0.667. The van der Waals surface area contributed by atoms with Gasteiger partial charge in [-0.25, -0.2) is 8.78 Å². The zero-order valence-electron chi connectivity index (χ0n) is 14.3. The van der Waals surface area contributed by atoms with E-state index in [9.17, 15) is 26.3 Å². The number of halogens is 8. The monoisotopic (exact) mass is 506 g/mol. The van der Waals surface area contributed by atoms with Crippen molar-refractivity contribution in [2.45, 2.75) is 72.9 Å². The molecule has 2 aliphatic carbocycles. The summed E-state index contributed by atoms with van der Waals surface area (Å²) in [5.74, 6) is -11.1. The van der Waals surface area contributed by atoms with Gasteiger partial charge in [0, 0.05) is 0 Å². The average Bonchev–Trinajstić information content (AvgIpc) is 2.84. The molecular weight excluding hydrogens is 490 g/mol. The van der Waals surface area contributed by atoms with Crippen molar-refractivity contribution in [1.82, 2.24) is 0 Å². The maximum atomic E-state index is 15.0. The molecule has 0 fully saturated rings. The molecule has 1 aromatic rings. The molecule has 0 heterocycles. The van der Waals surface area contributed by atoms with E-state index in [1.54, 1.807) is 13.8 Å². The van der Waals surface area contributed by atoms with E-state index in [4.69, 9.17) is 0 Å². The summed E-state index contributed by atoms with van der Waals surface area (Å²) >= 11 is 6.05. The molecule has 0 aromatic heterocycles. The predicted octanol–water partition coefficient (Wildman–Crippen LogP) is 7.13. The SMILES string of the molecule is CCCC1(Br)Cc2c3c(c(F)c(F)c2C1(F)F)C(F)(F)C(Br)(CCC)C3. The standard InChI is InChI=1S/C18H18Br2F6/c1-3-5-15(19)7-9-10-8-16(20,6-4-2)18(25,26)12(10)14(22)13(21)11(9)17(15,23)24/h3-8H2,1-2H3. The second kappa shape index (κ2) is 6.13. The number of rotatable bonds is 4. The largest absolute Gasteiger partial charge is 0.291 e. The van der Waals surface area contributed by atoms with Gasteiger partial charge in [-0.3, -0.25) is 0 Å². The summed E-state index contributed by atoms with van der Waals surface area (Å²) in [4.78, 5) is 0. The lowest BCUT2D eigenvalue weighted by Gasteiger charge is -2.30. The van der Waals surface area contributed by atoms with Crippen molar-refractivity contribution in [2.75, 3.05) is 0 Å². The third kappa shape index (κ3) is 2.39. The first-order valence-corrected chi connectivity index (χ1v) is 10.1. The highest BCUT2D eigenvalue weighted by molar-refractivity contribution is 9.10. The summed E-state index contributed by atoms with van der Waals surface area (Å²) in [6.45, 7) is 3.39. The third-order valence-electron chi connectivity index (χ3n) is 5.56. The van der Waals surface area contributed by atoms with E-state index in [1.807, 2.05) is 0 Å². The summed E-state index contributed by atoms with van der Waals surface area (Å²) in [6.07, 6.45) is 0.164. The average molecular weight is 508 g/mol. The summed E-state index contributed by atoms with van der Waals surface area (Å²) in [7, 11) is 0. The molecule has 8 heteroatoms. The van der Waals surface area contributed by atoms with Crippen LogP contribution in [-0.4, -0.2) is 8.65 Å². The Morgan fingerprint density at radius 1 is 0.731 bits per heavy atom. The zero-order chi connectivity index (χ0) is 19.7. The van der Waals surface area contributed by atoms with Crippen molar-refractivity contribution in [3.8, 4) is 0 Å². The summed E-state index contributed by atoms with van der Waals surface area (Å²) in [5, 5.41) is 0. The zero-order valence-corrected chi connectivity index (χ0v) is 17.4. The maximum Gasteiger partial charge on any atom is 0.291 e. The fourth-order valence-corrected chi connectivity index (χ4v) is 6.10. The Morgan fingerprint density at radius 3 is 1.31 bits per heavy atom. The molecule has 0 nitrogen and oxygen atoms in total. The molecule has 2 atom stereocenters. The van der Waals surface area contributed by atoms with Crippen molar-refractivity contribution in [1.29, 1.82) is 0 Å². The molecule has 0 saturated heterocycles. The summed E-state index contributed by atoms with van der Waals surface area (Å²) in [6, 6.07) is 0. The molecule has 0 bridgehead atoms. The Bertz CT molecular complexity index is 700. The molecule has 0 amide bonds. The number of benzene rings is 1. The van der Waals surface area contributed by atoms with Crippen molar-refractivity contribution in [2.24, 2.45) is 0 Å². The smallest absolute Gasteiger partial charge is 0.203 e. The van der Waals surface area contributed by atoms with Crippen LogP contribution in [0.4, 0.5) is 26.3 Å². The van der Waals surface area contributed by atoms with Gasteiger partial charge in [-0.1, -0.05) is 58.5 Å². The number of fused-ring (bicyclic) bond motifs is 3. The van der Waals surface area contributed by atoms with Gasteiger partial charge in [0.05, 0.1) is 19.8 Å². The van der Waals surface area contributed by atoms with E-state index >= 15 is 0 Å². The Balaban J connectivity index is 2.29. The van der Waals surface area contributed by atoms with Crippen LogP contribution in [0.1, 0.15) is 61.8 Å². The van der Waals surface area contributed by atoms with E-state index in [-0.39, 0.29) is 36.8 Å². The van der Waals surface area contributed by atoms with E-state index in [2.05, 4.69) is 31.9 Å². The Kier molecular flexibility index (Phi) is 4.83. The minimum atomic E-state index is -3.68. The lowest BCUT2D eigenvalue weighted by molar-refractivity contribution is -0.0412. The Hall–Kier alpha value is -0.240. The second-order valence-corrected chi connectivity index (χ2v) is 10.3. The van der Waals surface area contributed by atoms with Gasteiger partial charge in [0.1, 0.15) is 0 Å². The summed E-state index contributed by atoms with van der Waals surface area (Å²) < 4.78 is 85.4. The van der Waals surface area contributed by atoms with Gasteiger partial charge < -0.3 is 0 Å². The molecule has 0 N–H and O–H groups in total. The van der Waals surface area contributed by atoms with Gasteiger partial charge in [0.2, 0.25) is 0 Å². The number of hydrogen-bond donors (Lipinski definition) is 0. The van der Waals surface area contributed by atoms with Crippen LogP contribution in [0.2, 0.25) is 0 Å². The van der Waals surface area contributed by atoms with Crippen molar-refractivity contribution in [3.63, 3.8) is 0 Å². The van der Waals surface area contributed by atoms with Crippen LogP contribution in [0.25, 0.3) is 0 Å². The van der Waals surface area contributed by atoms with E-state index in [0.717, 1.165) is 0 Å². The van der Waals surface area contributed by atoms with Gasteiger partial charge in [-0.15, -0.1) is 0 Å². The predicted molar refractivity (Wildman–Crippen MR) is 94.7 cm³/mol. The Morgan fingerprint density at radius 2 is 1.04 bits per heavy atom. The van der Waals surface area contributed by atoms with Crippen LogP contribution in [0.15, 0.2) is 0 Å². The molecule has 0 aliphatic heterocycles. The van der Waals surface area contributed by atoms with Gasteiger partial charge in [0.15, 0.2) is 11.6 Å². The topological polar surface area (TPSA) is 0 Å². The maximum absolute atomic E-state index is 15.0. The van der Waals surface area contributed by atoms with E-state index < -0.39 is 43.3 Å². The first-order valence-electron chi connectivity index (χ1n) is 8.55. The van der Waals surface area contributed by atoms with Crippen LogP contribution in [0, 0.1) is 11.6 Å². The molecule has 0 saturated carbocycles. The lowest BCUT2D eigenvalue weighted by Crippen LogP contribution is -2.38. The van der Waals surface area contributed by atoms with E-state index in [0.29, 0.717) is 12.8 Å². The van der Waals surface area contributed by atoms with Gasteiger partial charge >= 0.3 is 0 Å². The minimum absolute atomic E-state index is 0.00925. The van der Waals surface area contributed by atoms with Crippen molar-refractivity contribution < 1.29 is 26.3 Å². The molecule has 1 aromatic carbocycles. The lowest BCUT2D eigenvalue weighted by atomic mass is 9.95. The first-order chi connectivity index (χ1) is 11.9. The highest BCUT2D eigenvalue weighted by atomic mass is 79.9. The van der Waals surface area contributed by atoms with Crippen LogP contribution >= 0.6 is 31.9 Å². The van der Waals surface area contributed by atoms with Crippen LogP contribution in [0.5, 0.6) is 0 Å². The third-order valence-corrected chi connectivity index (χ3v) is 7.91. The minimum Gasteiger partial charge on any atom is -0.203 e. The molecule has 2 unspecified atom stereocenters. The Labute approximate surface area is 165 Å². The number of alkyl halides is 6. The molecule has 146 valence electrons. The number of hydrogen-bond acceptors (Lipinski definition) is 0. The van der Waals surface area contributed by atoms with E-state index in [1.165, 1.54) is 0 Å². The van der Waals surface area contributed by atoms with Gasteiger partial charge in [-0.2, -0.15) is 17.6 Å². The molecule has 3 rings (SSSR count). The quantitative estimate of drug-likeness (QED) is 0.300. The highest BCUT2D eigenvalue weighted by Crippen LogP contribution is 2.63. The highest BCUT2D eigenvalue weighted by Gasteiger charge is 2.66. The molecule has 0 radical (unpaired) electrons. The van der Waals surface area contributed by atoms with Crippen LogP contribution in [0.3, 0.4) is 0 Å². The van der Waals surface area contributed by atoms with Crippen LogP contribution in [-0.2, 0) is 24.7 Å².